The van der Waals surface area contributed by atoms with Crippen molar-refractivity contribution in [2.24, 2.45) is 0 Å². The maximum absolute atomic E-state index is 12.4. The van der Waals surface area contributed by atoms with Gasteiger partial charge in [0.1, 0.15) is 5.75 Å². The molecule has 0 radical (unpaired) electrons. The number of halogens is 1. The number of anilines is 1. The third-order valence-corrected chi connectivity index (χ3v) is 4.69. The smallest absolute Gasteiger partial charge is 0.279 e. The zero-order valence-electron chi connectivity index (χ0n) is 16.4. The van der Waals surface area contributed by atoms with Gasteiger partial charge in [-0.2, -0.15) is 0 Å². The van der Waals surface area contributed by atoms with Gasteiger partial charge in [-0.1, -0.05) is 23.7 Å². The Balaban J connectivity index is 1.83. The predicted octanol–water partition coefficient (Wildman–Crippen LogP) is 2.07. The van der Waals surface area contributed by atoms with Crippen molar-refractivity contribution in [2.75, 3.05) is 32.1 Å². The normalized spacial score (nSPS) is 12.7. The van der Waals surface area contributed by atoms with Crippen molar-refractivity contribution in [1.29, 1.82) is 0 Å². The molecule has 2 atom stereocenters. The van der Waals surface area contributed by atoms with E-state index < -0.39 is 0 Å². The van der Waals surface area contributed by atoms with Crippen LogP contribution in [0, 0.1) is 0 Å². The second-order valence-electron chi connectivity index (χ2n) is 6.57. The number of rotatable bonds is 9. The lowest BCUT2D eigenvalue weighted by Gasteiger charge is -2.19. The number of carbonyl (C=O) groups is 2. The zero-order chi connectivity index (χ0) is 20.5. The molecule has 6 nitrogen and oxygen atoms in total. The first kappa shape index (κ1) is 21.7. The quantitative estimate of drug-likeness (QED) is 0.599. The van der Waals surface area contributed by atoms with Crippen molar-refractivity contribution < 1.29 is 19.2 Å². The van der Waals surface area contributed by atoms with E-state index in [4.69, 9.17) is 16.3 Å². The molecule has 0 aliphatic rings. The topological polar surface area (TPSA) is 71.9 Å². The van der Waals surface area contributed by atoms with E-state index in [0.717, 1.165) is 16.2 Å². The molecule has 0 aromatic heterocycles. The van der Waals surface area contributed by atoms with Crippen LogP contribution in [-0.2, 0) is 9.59 Å². The first-order valence-corrected chi connectivity index (χ1v) is 9.61. The molecule has 0 aliphatic carbocycles. The third-order valence-electron chi connectivity index (χ3n) is 4.44. The Morgan fingerprint density at radius 3 is 2.21 bits per heavy atom. The molecule has 28 heavy (non-hydrogen) atoms. The van der Waals surface area contributed by atoms with Crippen molar-refractivity contribution in [2.45, 2.75) is 19.9 Å². The molecule has 2 aromatic rings. The molecule has 0 spiro atoms. The van der Waals surface area contributed by atoms with E-state index in [1.54, 1.807) is 43.5 Å². The van der Waals surface area contributed by atoms with Crippen LogP contribution in [0.4, 0.5) is 5.69 Å². The number of quaternary nitrogens is 1. The van der Waals surface area contributed by atoms with Gasteiger partial charge in [0.2, 0.25) is 0 Å². The molecule has 2 aromatic carbocycles. The lowest BCUT2D eigenvalue weighted by molar-refractivity contribution is -0.881. The van der Waals surface area contributed by atoms with E-state index in [1.807, 2.05) is 26.0 Å². The van der Waals surface area contributed by atoms with Crippen molar-refractivity contribution in [3.63, 3.8) is 0 Å². The van der Waals surface area contributed by atoms with Crippen LogP contribution >= 0.6 is 11.6 Å². The number of nitrogens with one attached hydrogen (secondary N) is 3. The summed E-state index contributed by atoms with van der Waals surface area (Å²) in [4.78, 5) is 25.5. The van der Waals surface area contributed by atoms with Crippen LogP contribution in [0.3, 0.4) is 0 Å². The van der Waals surface area contributed by atoms with E-state index in [9.17, 15) is 9.59 Å². The zero-order valence-corrected chi connectivity index (χ0v) is 17.2. The second-order valence-corrected chi connectivity index (χ2v) is 7.01. The molecule has 2 rings (SSSR count). The first-order valence-electron chi connectivity index (χ1n) is 9.23. The van der Waals surface area contributed by atoms with Crippen LogP contribution in [-0.4, -0.2) is 38.6 Å². The Morgan fingerprint density at radius 1 is 1.04 bits per heavy atom. The number of ether oxygens (including phenoxy) is 1. The van der Waals surface area contributed by atoms with Gasteiger partial charge in [0.15, 0.2) is 13.1 Å². The summed E-state index contributed by atoms with van der Waals surface area (Å²) in [7, 11) is 1.59. The molecular formula is C21H27ClN3O3+. The molecule has 150 valence electrons. The highest BCUT2D eigenvalue weighted by atomic mass is 35.5. The standard InChI is InChI=1S/C21H26ClN3O3/c1-4-25(14-21(27)24-18-9-11-19(28-3)12-10-18)13-20(26)23-15(2)16-5-7-17(22)8-6-16/h5-12,15H,4,13-14H2,1-3H3,(H,23,26)(H,24,27)/p+1/t15-/m1/s1. The fourth-order valence-electron chi connectivity index (χ4n) is 2.77. The minimum atomic E-state index is -0.138. The second kappa shape index (κ2) is 10.7. The summed E-state index contributed by atoms with van der Waals surface area (Å²) in [6, 6.07) is 14.4. The highest BCUT2D eigenvalue weighted by molar-refractivity contribution is 6.30. The van der Waals surface area contributed by atoms with Gasteiger partial charge in [-0.3, -0.25) is 9.59 Å². The minimum absolute atomic E-state index is 0.100. The predicted molar refractivity (Wildman–Crippen MR) is 111 cm³/mol. The van der Waals surface area contributed by atoms with E-state index in [0.29, 0.717) is 17.3 Å². The summed E-state index contributed by atoms with van der Waals surface area (Å²) in [5.74, 6) is 0.488. The lowest BCUT2D eigenvalue weighted by atomic mass is 10.1. The Hall–Kier alpha value is -2.57. The van der Waals surface area contributed by atoms with Gasteiger partial charge in [0, 0.05) is 10.7 Å². The van der Waals surface area contributed by atoms with Gasteiger partial charge >= 0.3 is 0 Å². The van der Waals surface area contributed by atoms with Gasteiger partial charge < -0.3 is 20.3 Å². The van der Waals surface area contributed by atoms with Gasteiger partial charge in [-0.15, -0.1) is 0 Å². The summed E-state index contributed by atoms with van der Waals surface area (Å²) in [5.41, 5.74) is 1.68. The van der Waals surface area contributed by atoms with Crippen LogP contribution in [0.5, 0.6) is 5.75 Å². The summed E-state index contributed by atoms with van der Waals surface area (Å²) in [6.07, 6.45) is 0. The number of benzene rings is 2. The summed E-state index contributed by atoms with van der Waals surface area (Å²) in [5, 5.41) is 6.47. The molecule has 7 heteroatoms. The van der Waals surface area contributed by atoms with Gasteiger partial charge in [0.25, 0.3) is 11.8 Å². The van der Waals surface area contributed by atoms with Crippen LogP contribution in [0.2, 0.25) is 5.02 Å². The number of amides is 2. The molecule has 2 amide bonds. The van der Waals surface area contributed by atoms with Crippen LogP contribution in [0.25, 0.3) is 0 Å². The van der Waals surface area contributed by atoms with Crippen molar-refractivity contribution >= 4 is 29.1 Å². The summed E-state index contributed by atoms with van der Waals surface area (Å²) < 4.78 is 5.10. The minimum Gasteiger partial charge on any atom is -0.497 e. The molecule has 0 heterocycles. The van der Waals surface area contributed by atoms with Crippen molar-refractivity contribution in [3.05, 3.63) is 59.1 Å². The molecule has 0 bridgehead atoms. The molecule has 0 fully saturated rings. The van der Waals surface area contributed by atoms with Crippen LogP contribution in [0.1, 0.15) is 25.5 Å². The molecule has 3 N–H and O–H groups in total. The summed E-state index contributed by atoms with van der Waals surface area (Å²) in [6.45, 7) is 4.98. The van der Waals surface area contributed by atoms with Gasteiger partial charge in [0.05, 0.1) is 19.7 Å². The lowest BCUT2D eigenvalue weighted by Crippen LogP contribution is -3.14. The van der Waals surface area contributed by atoms with Crippen LogP contribution < -0.4 is 20.3 Å². The van der Waals surface area contributed by atoms with E-state index in [2.05, 4.69) is 10.6 Å². The van der Waals surface area contributed by atoms with E-state index in [-0.39, 0.29) is 30.9 Å². The molecule has 1 unspecified atom stereocenters. The maximum atomic E-state index is 12.4. The van der Waals surface area contributed by atoms with E-state index >= 15 is 0 Å². The molecule has 0 aliphatic heterocycles. The fourth-order valence-corrected chi connectivity index (χ4v) is 2.90. The Morgan fingerprint density at radius 2 is 1.64 bits per heavy atom. The number of likely N-dealkylation sites (N-methyl/N-ethyl adjacent to an activating group) is 1. The fraction of sp³-hybridized carbons (Fsp3) is 0.333. The number of carbonyl (C=O) groups excluding carboxylic acids is 2. The summed E-state index contributed by atoms with van der Waals surface area (Å²) >= 11 is 5.90. The Bertz CT molecular complexity index is 778. The maximum Gasteiger partial charge on any atom is 0.279 e. The third kappa shape index (κ3) is 6.87. The highest BCUT2D eigenvalue weighted by Crippen LogP contribution is 2.16. The number of methoxy groups -OCH3 is 1. The average molecular weight is 405 g/mol. The molecular weight excluding hydrogens is 378 g/mol. The van der Waals surface area contributed by atoms with Gasteiger partial charge in [-0.25, -0.2) is 0 Å². The molecule has 0 saturated heterocycles. The first-order chi connectivity index (χ1) is 13.4. The largest absolute Gasteiger partial charge is 0.497 e. The molecule has 0 saturated carbocycles. The monoisotopic (exact) mass is 404 g/mol. The Labute approximate surface area is 170 Å². The Kier molecular flexibility index (Phi) is 8.29. The number of hydrogen-bond acceptors (Lipinski definition) is 3. The van der Waals surface area contributed by atoms with Crippen molar-refractivity contribution in [3.8, 4) is 5.75 Å². The number of hydrogen-bond donors (Lipinski definition) is 3. The van der Waals surface area contributed by atoms with Gasteiger partial charge in [-0.05, 0) is 55.8 Å². The SMILES string of the molecule is CC[NH+](CC(=O)Nc1ccc(OC)cc1)CC(=O)N[C@H](C)c1ccc(Cl)cc1. The highest BCUT2D eigenvalue weighted by Gasteiger charge is 2.18. The van der Waals surface area contributed by atoms with Crippen molar-refractivity contribution in [1.82, 2.24) is 5.32 Å². The van der Waals surface area contributed by atoms with E-state index in [1.165, 1.54) is 0 Å². The van der Waals surface area contributed by atoms with Crippen LogP contribution in [0.15, 0.2) is 48.5 Å². The average Bonchev–Trinajstić information content (AvgIpc) is 2.68.